The topological polar surface area (TPSA) is 85.7 Å². The number of nitrogens with zero attached hydrogens (tertiary/aromatic N) is 3. The molecule has 0 unspecified atom stereocenters. The molecule has 0 bridgehead atoms. The van der Waals surface area contributed by atoms with Gasteiger partial charge in [0.2, 0.25) is 0 Å². The van der Waals surface area contributed by atoms with Gasteiger partial charge in [0, 0.05) is 33.7 Å². The molecule has 3 aromatic rings. The van der Waals surface area contributed by atoms with Crippen LogP contribution in [0.3, 0.4) is 0 Å². The molecule has 2 aromatic carbocycles. The summed E-state index contributed by atoms with van der Waals surface area (Å²) in [5.41, 5.74) is 2.74. The molecule has 7 nitrogen and oxygen atoms in total. The highest BCUT2D eigenvalue weighted by molar-refractivity contribution is 7.92. The van der Waals surface area contributed by atoms with Crippen molar-refractivity contribution in [3.05, 3.63) is 48.0 Å². The van der Waals surface area contributed by atoms with E-state index in [2.05, 4.69) is 19.6 Å². The van der Waals surface area contributed by atoms with E-state index in [0.29, 0.717) is 41.7 Å². The molecular weight excluding hydrogens is 395 g/mol. The number of hydrogen-bond donors (Lipinski definition) is 1. The third-order valence-corrected chi connectivity index (χ3v) is 4.99. The summed E-state index contributed by atoms with van der Waals surface area (Å²) in [6.07, 6.45) is 4.52. The summed E-state index contributed by atoms with van der Waals surface area (Å²) in [7, 11) is -2.29. The molecule has 0 spiro atoms. The Hall–Kier alpha value is -2.78. The smallest absolute Gasteiger partial charge is 0.146 e. The van der Waals surface area contributed by atoms with Crippen LogP contribution in [0.25, 0.3) is 10.9 Å². The minimum Gasteiger partial charge on any atom is -0.483 e. The van der Waals surface area contributed by atoms with Crippen molar-refractivity contribution in [2.75, 3.05) is 31.0 Å². The number of benzene rings is 2. The molecule has 0 radical (unpaired) electrons. The second-order valence-electron chi connectivity index (χ2n) is 7.19. The fourth-order valence-corrected chi connectivity index (χ4v) is 3.67. The van der Waals surface area contributed by atoms with E-state index < -0.39 is 9.73 Å². The van der Waals surface area contributed by atoms with Gasteiger partial charge in [-0.15, -0.1) is 0 Å². The number of nitrogens with one attached hydrogen (secondary N) is 1. The SMILES string of the molecule is Cc1cc(N=S(C)(C)=O)cc2ncnc(Nc3ccc(F)cc3OC3COC3)c12. The summed E-state index contributed by atoms with van der Waals surface area (Å²) < 4.78 is 41.0. The first-order valence-electron chi connectivity index (χ1n) is 9.02. The Morgan fingerprint density at radius 2 is 2.03 bits per heavy atom. The van der Waals surface area contributed by atoms with Gasteiger partial charge in [0.05, 0.1) is 30.1 Å². The number of ether oxygens (including phenoxy) is 2. The molecule has 9 heteroatoms. The van der Waals surface area contributed by atoms with Crippen LogP contribution in [-0.4, -0.2) is 46.0 Å². The highest BCUT2D eigenvalue weighted by atomic mass is 32.2. The monoisotopic (exact) mass is 416 g/mol. The summed E-state index contributed by atoms with van der Waals surface area (Å²) >= 11 is 0. The van der Waals surface area contributed by atoms with Crippen molar-refractivity contribution in [3.8, 4) is 5.75 Å². The molecule has 1 aromatic heterocycles. The van der Waals surface area contributed by atoms with Gasteiger partial charge in [-0.25, -0.2) is 18.6 Å². The van der Waals surface area contributed by atoms with Crippen molar-refractivity contribution in [2.45, 2.75) is 13.0 Å². The van der Waals surface area contributed by atoms with Crippen LogP contribution in [0.2, 0.25) is 0 Å². The molecule has 1 N–H and O–H groups in total. The van der Waals surface area contributed by atoms with E-state index in [9.17, 15) is 8.60 Å². The van der Waals surface area contributed by atoms with E-state index in [-0.39, 0.29) is 11.9 Å². The molecule has 1 saturated heterocycles. The summed E-state index contributed by atoms with van der Waals surface area (Å²) in [5, 5.41) is 4.03. The zero-order valence-electron chi connectivity index (χ0n) is 16.3. The van der Waals surface area contributed by atoms with Gasteiger partial charge in [0.25, 0.3) is 0 Å². The fourth-order valence-electron chi connectivity index (χ4n) is 3.06. The van der Waals surface area contributed by atoms with E-state index in [4.69, 9.17) is 9.47 Å². The van der Waals surface area contributed by atoms with Crippen molar-refractivity contribution >= 4 is 37.8 Å². The van der Waals surface area contributed by atoms with Gasteiger partial charge in [-0.2, -0.15) is 4.36 Å². The number of fused-ring (bicyclic) bond motifs is 1. The summed E-state index contributed by atoms with van der Waals surface area (Å²) in [5.74, 6) is 0.573. The van der Waals surface area contributed by atoms with E-state index in [0.717, 1.165) is 10.9 Å². The number of anilines is 2. The van der Waals surface area contributed by atoms with E-state index in [1.165, 1.54) is 18.5 Å². The molecule has 0 amide bonds. The van der Waals surface area contributed by atoms with Crippen LogP contribution in [-0.2, 0) is 14.5 Å². The third-order valence-electron chi connectivity index (χ3n) is 4.34. The molecule has 2 heterocycles. The molecule has 1 aliphatic rings. The first-order chi connectivity index (χ1) is 13.8. The van der Waals surface area contributed by atoms with Gasteiger partial charge in [0.1, 0.15) is 29.8 Å². The Bertz CT molecular complexity index is 1200. The average Bonchev–Trinajstić information content (AvgIpc) is 2.58. The zero-order valence-corrected chi connectivity index (χ0v) is 17.1. The minimum atomic E-state index is -2.29. The van der Waals surface area contributed by atoms with Crippen molar-refractivity contribution in [3.63, 3.8) is 0 Å². The van der Waals surface area contributed by atoms with Gasteiger partial charge in [0.15, 0.2) is 0 Å². The Kier molecular flexibility index (Phi) is 5.10. The van der Waals surface area contributed by atoms with Gasteiger partial charge in [-0.1, -0.05) is 0 Å². The molecule has 4 rings (SSSR count). The van der Waals surface area contributed by atoms with E-state index in [1.54, 1.807) is 24.6 Å². The zero-order chi connectivity index (χ0) is 20.6. The Labute approximate surface area is 168 Å². The van der Waals surface area contributed by atoms with Crippen LogP contribution in [0.15, 0.2) is 41.0 Å². The average molecular weight is 416 g/mol. The number of rotatable bonds is 5. The maximum absolute atomic E-state index is 13.8. The van der Waals surface area contributed by atoms with Crippen molar-refractivity contribution < 1.29 is 18.1 Å². The second kappa shape index (κ2) is 7.57. The lowest BCUT2D eigenvalue weighted by atomic mass is 10.1. The maximum Gasteiger partial charge on any atom is 0.146 e. The summed E-state index contributed by atoms with van der Waals surface area (Å²) in [4.78, 5) is 8.69. The van der Waals surface area contributed by atoms with Crippen LogP contribution in [0, 0.1) is 12.7 Å². The lowest BCUT2D eigenvalue weighted by Crippen LogP contribution is -2.38. The largest absolute Gasteiger partial charge is 0.483 e. The number of aryl methyl sites for hydroxylation is 1. The lowest BCUT2D eigenvalue weighted by molar-refractivity contribution is -0.0794. The highest BCUT2D eigenvalue weighted by Crippen LogP contribution is 2.34. The molecule has 152 valence electrons. The van der Waals surface area contributed by atoms with Gasteiger partial charge < -0.3 is 14.8 Å². The quantitative estimate of drug-likeness (QED) is 0.678. The Morgan fingerprint density at radius 1 is 1.24 bits per heavy atom. The van der Waals surface area contributed by atoms with E-state index in [1.807, 2.05) is 13.0 Å². The van der Waals surface area contributed by atoms with Gasteiger partial charge in [-0.05, 0) is 36.8 Å². The predicted molar refractivity (Wildman–Crippen MR) is 111 cm³/mol. The standard InChI is InChI=1S/C20H21FN4O3S/c1-12-6-14(25-29(2,3)26)8-17-19(12)20(23-11-22-17)24-16-5-4-13(21)7-18(16)28-15-9-27-10-15/h4-8,11,15H,9-10H2,1-3H3,(H,22,23,24). The van der Waals surface area contributed by atoms with Gasteiger partial charge in [-0.3, -0.25) is 0 Å². The Morgan fingerprint density at radius 3 is 2.72 bits per heavy atom. The van der Waals surface area contributed by atoms with Gasteiger partial charge >= 0.3 is 0 Å². The lowest BCUT2D eigenvalue weighted by Gasteiger charge is -2.27. The van der Waals surface area contributed by atoms with Crippen LogP contribution >= 0.6 is 0 Å². The van der Waals surface area contributed by atoms with Crippen LogP contribution < -0.4 is 10.1 Å². The van der Waals surface area contributed by atoms with Crippen LogP contribution in [0.4, 0.5) is 21.6 Å². The predicted octanol–water partition coefficient (Wildman–Crippen LogP) is 3.96. The maximum atomic E-state index is 13.8. The second-order valence-corrected chi connectivity index (χ2v) is 9.74. The van der Waals surface area contributed by atoms with Crippen LogP contribution in [0.5, 0.6) is 5.75 Å². The third kappa shape index (κ3) is 4.46. The molecule has 0 aliphatic carbocycles. The highest BCUT2D eigenvalue weighted by Gasteiger charge is 2.22. The number of hydrogen-bond acceptors (Lipinski definition) is 7. The van der Waals surface area contributed by atoms with Crippen LogP contribution in [0.1, 0.15) is 5.56 Å². The molecular formula is C20H21FN4O3S. The normalized spacial score (nSPS) is 14.5. The molecule has 1 fully saturated rings. The minimum absolute atomic E-state index is 0.0941. The van der Waals surface area contributed by atoms with Crippen molar-refractivity contribution in [2.24, 2.45) is 4.36 Å². The first kappa shape index (κ1) is 19.5. The van der Waals surface area contributed by atoms with E-state index >= 15 is 0 Å². The summed E-state index contributed by atoms with van der Waals surface area (Å²) in [6.45, 7) is 2.88. The fraction of sp³-hybridized carbons (Fsp3) is 0.300. The summed E-state index contributed by atoms with van der Waals surface area (Å²) in [6, 6.07) is 7.93. The van der Waals surface area contributed by atoms with Crippen molar-refractivity contribution in [1.82, 2.24) is 9.97 Å². The molecule has 0 atom stereocenters. The molecule has 29 heavy (non-hydrogen) atoms. The molecule has 0 saturated carbocycles. The first-order valence-corrected chi connectivity index (χ1v) is 11.3. The Balaban J connectivity index is 1.75. The molecule has 1 aliphatic heterocycles. The van der Waals surface area contributed by atoms with Crippen molar-refractivity contribution in [1.29, 1.82) is 0 Å². The number of aromatic nitrogens is 2. The number of halogens is 1.